The van der Waals surface area contributed by atoms with E-state index in [1.54, 1.807) is 29.8 Å². The normalized spacial score (nSPS) is 11.8. The van der Waals surface area contributed by atoms with Gasteiger partial charge in [0.15, 0.2) is 6.61 Å². The number of carbonyl (C=O) groups excluding carboxylic acids is 2. The number of hydrogen-bond acceptors (Lipinski definition) is 5. The Bertz CT molecular complexity index is 1110. The number of nitrogens with one attached hydrogen (secondary N) is 2. The van der Waals surface area contributed by atoms with Gasteiger partial charge in [0.2, 0.25) is 10.0 Å². The number of alkyl halides is 3. The van der Waals surface area contributed by atoms with E-state index < -0.39 is 56.7 Å². The molecule has 0 unspecified atom stereocenters. The van der Waals surface area contributed by atoms with E-state index in [9.17, 15) is 31.2 Å². The minimum Gasteiger partial charge on any atom is -0.455 e. The topological polar surface area (TPSA) is 102 Å². The molecule has 13 heteroatoms. The summed E-state index contributed by atoms with van der Waals surface area (Å²) in [5, 5.41) is 2.42. The smallest absolute Gasteiger partial charge is 0.416 e. The Morgan fingerprint density at radius 3 is 2.42 bits per heavy atom. The van der Waals surface area contributed by atoms with Crippen molar-refractivity contribution < 1.29 is 35.9 Å². The second-order valence-electron chi connectivity index (χ2n) is 6.09. The van der Waals surface area contributed by atoms with Gasteiger partial charge in [-0.2, -0.15) is 17.9 Å². The van der Waals surface area contributed by atoms with Crippen molar-refractivity contribution in [2.24, 2.45) is 0 Å². The average molecular weight is 499 g/mol. The van der Waals surface area contributed by atoms with E-state index in [2.05, 4.69) is 10.1 Å². The van der Waals surface area contributed by atoms with Crippen molar-refractivity contribution in [3.8, 4) is 0 Å². The third-order valence-corrected chi connectivity index (χ3v) is 6.15. The molecule has 0 saturated heterocycles. The third-order valence-electron chi connectivity index (χ3n) is 3.86. The van der Waals surface area contributed by atoms with Crippen LogP contribution in [0.2, 0.25) is 10.0 Å². The van der Waals surface area contributed by atoms with E-state index in [1.165, 1.54) is 0 Å². The van der Waals surface area contributed by atoms with Gasteiger partial charge in [-0.25, -0.2) is 8.42 Å². The van der Waals surface area contributed by atoms with Gasteiger partial charge in [-0.3, -0.25) is 9.59 Å². The quantitative estimate of drug-likeness (QED) is 0.565. The lowest BCUT2D eigenvalue weighted by atomic mass is 10.2. The molecular formula is C18H15Cl2F3N2O5S. The number of benzene rings is 2. The molecule has 2 N–H and O–H groups in total. The second-order valence-corrected chi connectivity index (χ2v) is 8.64. The number of halogens is 5. The summed E-state index contributed by atoms with van der Waals surface area (Å²) in [6, 6.07) is 6.54. The molecule has 1 amide bonds. The van der Waals surface area contributed by atoms with Gasteiger partial charge in [0.25, 0.3) is 5.91 Å². The van der Waals surface area contributed by atoms with Gasteiger partial charge in [0.1, 0.15) is 11.4 Å². The van der Waals surface area contributed by atoms with E-state index in [1.807, 2.05) is 0 Å². The van der Waals surface area contributed by atoms with Crippen LogP contribution in [0.4, 0.5) is 18.9 Å². The number of sulfonamides is 1. The van der Waals surface area contributed by atoms with Crippen molar-refractivity contribution in [2.45, 2.75) is 18.0 Å². The molecule has 0 spiro atoms. The van der Waals surface area contributed by atoms with Crippen LogP contribution in [0.3, 0.4) is 0 Å². The number of hydrogen-bond donors (Lipinski definition) is 2. The molecule has 2 aromatic carbocycles. The molecule has 7 nitrogen and oxygen atoms in total. The first-order valence-corrected chi connectivity index (χ1v) is 10.6. The van der Waals surface area contributed by atoms with Crippen LogP contribution in [0.25, 0.3) is 0 Å². The number of rotatable bonds is 7. The zero-order valence-corrected chi connectivity index (χ0v) is 18.0. The zero-order chi connectivity index (χ0) is 23.4. The monoisotopic (exact) mass is 498 g/mol. The summed E-state index contributed by atoms with van der Waals surface area (Å²) in [7, 11) is -4.56. The molecule has 0 aromatic heterocycles. The van der Waals surface area contributed by atoms with Crippen LogP contribution in [-0.4, -0.2) is 33.4 Å². The maximum Gasteiger partial charge on any atom is 0.416 e. The average Bonchev–Trinajstić information content (AvgIpc) is 2.67. The standard InChI is InChI=1S/C18H15Cl2F3N2O5S/c1-10-12(19)3-2-4-14(10)25-16(26)9-30-17(27)8-24-31(28,29)15-7-11(18(21,22)23)5-6-13(15)20/h2-7,24H,8-9H2,1H3,(H,25,26). The molecule has 0 radical (unpaired) electrons. The van der Waals surface area contributed by atoms with Gasteiger partial charge in [0, 0.05) is 10.7 Å². The minimum absolute atomic E-state index is 0.344. The lowest BCUT2D eigenvalue weighted by Gasteiger charge is -2.12. The first-order chi connectivity index (χ1) is 14.3. The van der Waals surface area contributed by atoms with E-state index >= 15 is 0 Å². The highest BCUT2D eigenvalue weighted by Crippen LogP contribution is 2.33. The van der Waals surface area contributed by atoms with Crippen molar-refractivity contribution in [3.63, 3.8) is 0 Å². The Morgan fingerprint density at radius 2 is 1.77 bits per heavy atom. The van der Waals surface area contributed by atoms with Crippen molar-refractivity contribution in [1.82, 2.24) is 4.72 Å². The molecular weight excluding hydrogens is 484 g/mol. The predicted octanol–water partition coefficient (Wildman–Crippen LogP) is 3.78. The highest BCUT2D eigenvalue weighted by Gasteiger charge is 2.32. The summed E-state index contributed by atoms with van der Waals surface area (Å²) in [4.78, 5) is 22.8. The third kappa shape index (κ3) is 6.82. The Balaban J connectivity index is 1.95. The number of carbonyl (C=O) groups is 2. The summed E-state index contributed by atoms with van der Waals surface area (Å²) in [5.74, 6) is -1.84. The summed E-state index contributed by atoms with van der Waals surface area (Å²) in [6.45, 7) is 0.00680. The summed E-state index contributed by atoms with van der Waals surface area (Å²) in [5.41, 5.74) is -0.240. The molecule has 0 aliphatic heterocycles. The number of esters is 1. The lowest BCUT2D eigenvalue weighted by molar-refractivity contribution is -0.146. The van der Waals surface area contributed by atoms with Crippen LogP contribution < -0.4 is 10.0 Å². The highest BCUT2D eigenvalue weighted by molar-refractivity contribution is 7.89. The molecule has 2 aromatic rings. The zero-order valence-electron chi connectivity index (χ0n) is 15.7. The van der Waals surface area contributed by atoms with Crippen LogP contribution in [-0.2, 0) is 30.5 Å². The Morgan fingerprint density at radius 1 is 1.10 bits per heavy atom. The van der Waals surface area contributed by atoms with Gasteiger partial charge in [-0.05, 0) is 42.8 Å². The fourth-order valence-electron chi connectivity index (χ4n) is 2.24. The fraction of sp³-hybridized carbons (Fsp3) is 0.222. The van der Waals surface area contributed by atoms with E-state index in [0.717, 1.165) is 6.07 Å². The lowest BCUT2D eigenvalue weighted by Crippen LogP contribution is -2.32. The van der Waals surface area contributed by atoms with Gasteiger partial charge >= 0.3 is 12.1 Å². The molecule has 0 atom stereocenters. The van der Waals surface area contributed by atoms with Crippen molar-refractivity contribution in [3.05, 3.63) is 57.6 Å². The first kappa shape index (κ1) is 24.9. The van der Waals surface area contributed by atoms with Crippen LogP contribution in [0, 0.1) is 6.92 Å². The predicted molar refractivity (Wildman–Crippen MR) is 107 cm³/mol. The van der Waals surface area contributed by atoms with Crippen LogP contribution >= 0.6 is 23.2 Å². The second kappa shape index (κ2) is 9.86. The first-order valence-electron chi connectivity index (χ1n) is 8.38. The van der Waals surface area contributed by atoms with E-state index in [-0.39, 0.29) is 0 Å². The van der Waals surface area contributed by atoms with Gasteiger partial charge in [0.05, 0.1) is 10.6 Å². The van der Waals surface area contributed by atoms with Crippen molar-refractivity contribution >= 4 is 50.8 Å². The van der Waals surface area contributed by atoms with E-state index in [4.69, 9.17) is 23.2 Å². The fourth-order valence-corrected chi connectivity index (χ4v) is 3.91. The van der Waals surface area contributed by atoms with E-state index in [0.29, 0.717) is 28.4 Å². The summed E-state index contributed by atoms with van der Waals surface area (Å²) < 4.78 is 69.3. The SMILES string of the molecule is Cc1c(Cl)cccc1NC(=O)COC(=O)CNS(=O)(=O)c1cc(C(F)(F)F)ccc1Cl. The number of ether oxygens (including phenoxy) is 1. The number of anilines is 1. The molecule has 0 aliphatic rings. The molecule has 0 fully saturated rings. The summed E-state index contributed by atoms with van der Waals surface area (Å²) >= 11 is 11.6. The van der Waals surface area contributed by atoms with Gasteiger partial charge < -0.3 is 10.1 Å². The molecule has 0 saturated carbocycles. The molecule has 0 bridgehead atoms. The summed E-state index contributed by atoms with van der Waals surface area (Å²) in [6.07, 6.45) is -4.79. The Hall–Kier alpha value is -2.34. The van der Waals surface area contributed by atoms with Gasteiger partial charge in [-0.1, -0.05) is 29.3 Å². The van der Waals surface area contributed by atoms with Gasteiger partial charge in [-0.15, -0.1) is 0 Å². The molecule has 31 heavy (non-hydrogen) atoms. The largest absolute Gasteiger partial charge is 0.455 e. The molecule has 0 aliphatic carbocycles. The molecule has 168 valence electrons. The van der Waals surface area contributed by atoms with Crippen LogP contribution in [0.1, 0.15) is 11.1 Å². The van der Waals surface area contributed by atoms with Crippen LogP contribution in [0.5, 0.6) is 0 Å². The van der Waals surface area contributed by atoms with Crippen LogP contribution in [0.15, 0.2) is 41.3 Å². The highest BCUT2D eigenvalue weighted by atomic mass is 35.5. The minimum atomic E-state index is -4.79. The number of amides is 1. The maximum absolute atomic E-state index is 12.8. The van der Waals surface area contributed by atoms with Crippen molar-refractivity contribution in [1.29, 1.82) is 0 Å². The molecule has 0 heterocycles. The van der Waals surface area contributed by atoms with Crippen molar-refractivity contribution in [2.75, 3.05) is 18.5 Å². The molecule has 2 rings (SSSR count). The Kier molecular flexibility index (Phi) is 7.93. The Labute approximate surface area is 185 Å². The maximum atomic E-state index is 12.8.